The average molecular weight is 360 g/mol. The number of hydrogen-bond donors (Lipinski definition) is 2. The second-order valence-corrected chi connectivity index (χ2v) is 7.00. The van der Waals surface area contributed by atoms with Crippen LogP contribution in [0.1, 0.15) is 20.3 Å². The van der Waals surface area contributed by atoms with Crippen LogP contribution in [0.3, 0.4) is 0 Å². The predicted octanol–water partition coefficient (Wildman–Crippen LogP) is 3.16. The molecule has 2 N–H and O–H groups in total. The summed E-state index contributed by atoms with van der Waals surface area (Å²) >= 11 is 4.83. The van der Waals surface area contributed by atoms with Gasteiger partial charge < -0.3 is 10.4 Å². The lowest BCUT2D eigenvalue weighted by Gasteiger charge is -2.18. The number of halogens is 1. The Kier molecular flexibility index (Phi) is 6.55. The van der Waals surface area contributed by atoms with E-state index < -0.39 is 11.4 Å². The van der Waals surface area contributed by atoms with Crippen molar-refractivity contribution < 1.29 is 14.7 Å². The van der Waals surface area contributed by atoms with E-state index in [1.165, 1.54) is 11.8 Å². The zero-order valence-corrected chi connectivity index (χ0v) is 13.9. The van der Waals surface area contributed by atoms with Crippen molar-refractivity contribution in [1.29, 1.82) is 0 Å². The number of aliphatic carboxylic acids is 1. The zero-order chi connectivity index (χ0) is 15.2. The third-order valence-electron chi connectivity index (χ3n) is 2.82. The number of carbonyl (C=O) groups excluding carboxylic acids is 1. The van der Waals surface area contributed by atoms with E-state index in [9.17, 15) is 9.59 Å². The van der Waals surface area contributed by atoms with Gasteiger partial charge in [-0.1, -0.05) is 22.0 Å². The number of nitrogens with one attached hydrogen (secondary N) is 1. The molecule has 0 saturated heterocycles. The average Bonchev–Trinajstić information content (AvgIpc) is 2.36. The Labute approximate surface area is 131 Å². The van der Waals surface area contributed by atoms with Gasteiger partial charge in [0.05, 0.1) is 11.2 Å². The fraction of sp³-hybridized carbons (Fsp3) is 0.429. The van der Waals surface area contributed by atoms with Gasteiger partial charge in [0.1, 0.15) is 0 Å². The smallest absolute Gasteiger partial charge is 0.309 e. The molecule has 0 bridgehead atoms. The van der Waals surface area contributed by atoms with Crippen molar-refractivity contribution in [3.63, 3.8) is 0 Å². The quantitative estimate of drug-likeness (QED) is 0.733. The highest BCUT2D eigenvalue weighted by atomic mass is 79.9. The molecule has 0 aliphatic rings. The van der Waals surface area contributed by atoms with Crippen molar-refractivity contribution in [1.82, 2.24) is 5.32 Å². The topological polar surface area (TPSA) is 66.4 Å². The summed E-state index contributed by atoms with van der Waals surface area (Å²) in [7, 11) is 0. The monoisotopic (exact) mass is 359 g/mol. The number of amides is 1. The molecule has 0 atom stereocenters. The van der Waals surface area contributed by atoms with Crippen molar-refractivity contribution in [2.75, 3.05) is 12.3 Å². The van der Waals surface area contributed by atoms with Crippen molar-refractivity contribution in [2.24, 2.45) is 5.41 Å². The standard InChI is InChI=1S/C14H18BrNO3S/c1-14(2,13(18)19)6-7-16-12(17)9-20-11-5-3-4-10(15)8-11/h3-5,8H,6-7,9H2,1-2H3,(H,16,17)(H,18,19). The fourth-order valence-electron chi connectivity index (χ4n) is 1.38. The van der Waals surface area contributed by atoms with Gasteiger partial charge in [-0.15, -0.1) is 11.8 Å². The van der Waals surface area contributed by atoms with Gasteiger partial charge >= 0.3 is 5.97 Å². The molecule has 0 heterocycles. The zero-order valence-electron chi connectivity index (χ0n) is 11.5. The van der Waals surface area contributed by atoms with Crippen LogP contribution in [0.4, 0.5) is 0 Å². The Bertz CT molecular complexity index is 491. The van der Waals surface area contributed by atoms with Crippen LogP contribution in [-0.2, 0) is 9.59 Å². The molecule has 1 aromatic carbocycles. The first-order valence-corrected chi connectivity index (χ1v) is 7.97. The third kappa shape index (κ3) is 5.96. The number of thioether (sulfide) groups is 1. The van der Waals surface area contributed by atoms with Crippen molar-refractivity contribution >= 4 is 39.6 Å². The van der Waals surface area contributed by atoms with E-state index in [1.807, 2.05) is 24.3 Å². The molecule has 1 amide bonds. The molecule has 1 rings (SSSR count). The summed E-state index contributed by atoms with van der Waals surface area (Å²) in [6.07, 6.45) is 0.412. The van der Waals surface area contributed by atoms with E-state index in [0.717, 1.165) is 9.37 Å². The Balaban J connectivity index is 2.29. The summed E-state index contributed by atoms with van der Waals surface area (Å²) in [5.41, 5.74) is -0.815. The Hall–Kier alpha value is -1.01. The molecular weight excluding hydrogens is 342 g/mol. The highest BCUT2D eigenvalue weighted by Crippen LogP contribution is 2.22. The van der Waals surface area contributed by atoms with Gasteiger partial charge in [-0.2, -0.15) is 0 Å². The lowest BCUT2D eigenvalue weighted by molar-refractivity contribution is -0.147. The molecule has 0 aromatic heterocycles. The number of rotatable bonds is 7. The molecular formula is C14H18BrNO3S. The minimum atomic E-state index is -0.852. The third-order valence-corrected chi connectivity index (χ3v) is 4.30. The molecule has 0 aliphatic carbocycles. The molecule has 0 radical (unpaired) electrons. The molecule has 4 nitrogen and oxygen atoms in total. The van der Waals surface area contributed by atoms with Gasteiger partial charge in [-0.25, -0.2) is 0 Å². The molecule has 0 unspecified atom stereocenters. The van der Waals surface area contributed by atoms with E-state index in [4.69, 9.17) is 5.11 Å². The largest absolute Gasteiger partial charge is 0.481 e. The Morgan fingerprint density at radius 1 is 1.40 bits per heavy atom. The maximum Gasteiger partial charge on any atom is 0.309 e. The summed E-state index contributed by atoms with van der Waals surface area (Å²) in [6, 6.07) is 7.74. The first-order valence-electron chi connectivity index (χ1n) is 6.20. The Morgan fingerprint density at radius 3 is 2.70 bits per heavy atom. The number of benzene rings is 1. The molecule has 20 heavy (non-hydrogen) atoms. The number of carboxylic acids is 1. The molecule has 0 fully saturated rings. The number of carbonyl (C=O) groups is 2. The normalized spacial score (nSPS) is 11.2. The second kappa shape index (κ2) is 7.69. The summed E-state index contributed by atoms with van der Waals surface area (Å²) < 4.78 is 0.978. The van der Waals surface area contributed by atoms with Gasteiger partial charge in [-0.3, -0.25) is 9.59 Å². The van der Waals surface area contributed by atoms with E-state index in [-0.39, 0.29) is 5.91 Å². The number of hydrogen-bond acceptors (Lipinski definition) is 3. The van der Waals surface area contributed by atoms with Gasteiger partial charge in [-0.05, 0) is 38.5 Å². The van der Waals surface area contributed by atoms with Crippen LogP contribution in [0.5, 0.6) is 0 Å². The van der Waals surface area contributed by atoms with Gasteiger partial charge in [0.2, 0.25) is 5.91 Å². The molecule has 0 aliphatic heterocycles. The summed E-state index contributed by atoms with van der Waals surface area (Å²) in [5, 5.41) is 11.7. The maximum atomic E-state index is 11.7. The molecule has 6 heteroatoms. The summed E-state index contributed by atoms with van der Waals surface area (Å²) in [5.74, 6) is -0.615. The minimum Gasteiger partial charge on any atom is -0.481 e. The van der Waals surface area contributed by atoms with E-state index in [2.05, 4.69) is 21.2 Å². The highest BCUT2D eigenvalue weighted by molar-refractivity contribution is 9.10. The summed E-state index contributed by atoms with van der Waals surface area (Å²) in [4.78, 5) is 23.6. The van der Waals surface area contributed by atoms with E-state index in [1.54, 1.807) is 13.8 Å². The van der Waals surface area contributed by atoms with Crippen LogP contribution >= 0.6 is 27.7 Å². The van der Waals surface area contributed by atoms with Crippen molar-refractivity contribution in [3.8, 4) is 0 Å². The number of carboxylic acid groups (broad SMARTS) is 1. The first-order chi connectivity index (χ1) is 9.31. The van der Waals surface area contributed by atoms with Crippen molar-refractivity contribution in [3.05, 3.63) is 28.7 Å². The van der Waals surface area contributed by atoms with Crippen LogP contribution in [0.15, 0.2) is 33.6 Å². The molecule has 1 aromatic rings. The fourth-order valence-corrected chi connectivity index (χ4v) is 2.71. The SMILES string of the molecule is CC(C)(CCNC(=O)CSc1cccc(Br)c1)C(=O)O. The molecule has 0 spiro atoms. The lowest BCUT2D eigenvalue weighted by atomic mass is 9.90. The predicted molar refractivity (Wildman–Crippen MR) is 83.9 cm³/mol. The van der Waals surface area contributed by atoms with Gasteiger partial charge in [0.15, 0.2) is 0 Å². The van der Waals surface area contributed by atoms with Crippen LogP contribution in [0.25, 0.3) is 0 Å². The van der Waals surface area contributed by atoms with Crippen LogP contribution < -0.4 is 5.32 Å². The van der Waals surface area contributed by atoms with Crippen LogP contribution in [0, 0.1) is 5.41 Å². The highest BCUT2D eigenvalue weighted by Gasteiger charge is 2.26. The first kappa shape index (κ1) is 17.0. The minimum absolute atomic E-state index is 0.0869. The van der Waals surface area contributed by atoms with Crippen molar-refractivity contribution in [2.45, 2.75) is 25.2 Å². The van der Waals surface area contributed by atoms with Crippen LogP contribution in [0.2, 0.25) is 0 Å². The van der Waals surface area contributed by atoms with E-state index >= 15 is 0 Å². The van der Waals surface area contributed by atoms with Crippen LogP contribution in [-0.4, -0.2) is 29.3 Å². The second-order valence-electron chi connectivity index (χ2n) is 5.04. The summed E-state index contributed by atoms with van der Waals surface area (Å²) in [6.45, 7) is 3.67. The lowest BCUT2D eigenvalue weighted by Crippen LogP contribution is -2.32. The molecule has 0 saturated carbocycles. The Morgan fingerprint density at radius 2 is 2.10 bits per heavy atom. The van der Waals surface area contributed by atoms with Gasteiger partial charge in [0, 0.05) is 15.9 Å². The maximum absolute atomic E-state index is 11.7. The molecule has 110 valence electrons. The van der Waals surface area contributed by atoms with Gasteiger partial charge in [0.25, 0.3) is 0 Å². The van der Waals surface area contributed by atoms with E-state index in [0.29, 0.717) is 18.7 Å².